The van der Waals surface area contributed by atoms with E-state index in [-0.39, 0.29) is 27.2 Å². The van der Waals surface area contributed by atoms with Crippen LogP contribution in [0.15, 0.2) is 41.3 Å². The number of hydrogen-bond acceptors (Lipinski definition) is 3. The van der Waals surface area contributed by atoms with E-state index in [1.807, 2.05) is 0 Å². The van der Waals surface area contributed by atoms with Crippen molar-refractivity contribution in [3.8, 4) is 0 Å². The fourth-order valence-electron chi connectivity index (χ4n) is 1.60. The highest BCUT2D eigenvalue weighted by Crippen LogP contribution is 2.28. The van der Waals surface area contributed by atoms with Gasteiger partial charge in [-0.3, -0.25) is 4.72 Å². The second-order valence-electron chi connectivity index (χ2n) is 4.16. The number of aliphatic hydroxyl groups is 1. The second kappa shape index (κ2) is 6.19. The Kier molecular flexibility index (Phi) is 4.73. The Hall–Kier alpha value is -1.34. The van der Waals surface area contributed by atoms with Crippen LogP contribution in [0.25, 0.3) is 0 Å². The number of aliphatic hydroxyl groups excluding tert-OH is 1. The zero-order valence-corrected chi connectivity index (χ0v) is 12.8. The molecule has 2 rings (SSSR count). The highest BCUT2D eigenvalue weighted by atomic mass is 35.5. The molecule has 0 unspecified atom stereocenters. The maximum atomic E-state index is 13.3. The summed E-state index contributed by atoms with van der Waals surface area (Å²) in [6.45, 7) is -0.184. The molecule has 21 heavy (non-hydrogen) atoms. The molecule has 0 heterocycles. The summed E-state index contributed by atoms with van der Waals surface area (Å²) in [5, 5.41) is 8.36. The van der Waals surface area contributed by atoms with E-state index in [0.29, 0.717) is 5.56 Å². The van der Waals surface area contributed by atoms with E-state index in [9.17, 15) is 12.8 Å². The predicted molar refractivity (Wildman–Crippen MR) is 79.6 cm³/mol. The lowest BCUT2D eigenvalue weighted by Gasteiger charge is -2.10. The molecular formula is C13H10Cl2FNO3S. The minimum absolute atomic E-state index is 0.00345. The van der Waals surface area contributed by atoms with Gasteiger partial charge in [-0.2, -0.15) is 0 Å². The Balaban J connectivity index is 2.32. The molecule has 8 heteroatoms. The smallest absolute Gasteiger partial charge is 0.261 e. The summed E-state index contributed by atoms with van der Waals surface area (Å²) in [5.74, 6) is -0.811. The standard InChI is InChI=1S/C13H10Cl2FNO3S/c14-11-5-9(6-12(15)13(11)16)17-21(19,20)10-3-1-8(7-18)2-4-10/h1-6,17-18H,7H2. The van der Waals surface area contributed by atoms with E-state index in [0.717, 1.165) is 12.1 Å². The van der Waals surface area contributed by atoms with E-state index < -0.39 is 15.8 Å². The van der Waals surface area contributed by atoms with E-state index in [4.69, 9.17) is 28.3 Å². The summed E-state index contributed by atoms with van der Waals surface area (Å²) in [7, 11) is -3.86. The van der Waals surface area contributed by atoms with Crippen LogP contribution in [0.5, 0.6) is 0 Å². The van der Waals surface area contributed by atoms with E-state index in [1.165, 1.54) is 24.3 Å². The highest BCUT2D eigenvalue weighted by molar-refractivity contribution is 7.92. The molecule has 0 bridgehead atoms. The van der Waals surface area contributed by atoms with Crippen LogP contribution < -0.4 is 4.72 Å². The number of anilines is 1. The third-order valence-corrected chi connectivity index (χ3v) is 4.60. The third-order valence-electron chi connectivity index (χ3n) is 2.65. The van der Waals surface area contributed by atoms with Gasteiger partial charge in [0.2, 0.25) is 0 Å². The number of rotatable bonds is 4. The molecule has 112 valence electrons. The van der Waals surface area contributed by atoms with Crippen molar-refractivity contribution in [3.05, 3.63) is 57.8 Å². The molecular weight excluding hydrogens is 340 g/mol. The highest BCUT2D eigenvalue weighted by Gasteiger charge is 2.16. The zero-order chi connectivity index (χ0) is 15.6. The van der Waals surface area contributed by atoms with Gasteiger partial charge in [-0.05, 0) is 29.8 Å². The van der Waals surface area contributed by atoms with Crippen LogP contribution in [0.3, 0.4) is 0 Å². The van der Waals surface area contributed by atoms with Gasteiger partial charge in [0.1, 0.15) is 0 Å². The molecule has 2 aromatic carbocycles. The summed E-state index contributed by atoms with van der Waals surface area (Å²) in [5.41, 5.74) is 0.638. The molecule has 4 nitrogen and oxygen atoms in total. The molecule has 0 saturated heterocycles. The van der Waals surface area contributed by atoms with Crippen molar-refractivity contribution in [2.75, 3.05) is 4.72 Å². The first kappa shape index (κ1) is 16.0. The Labute approximate surface area is 131 Å². The first-order valence-electron chi connectivity index (χ1n) is 5.70. The molecule has 0 atom stereocenters. The minimum atomic E-state index is -3.86. The monoisotopic (exact) mass is 349 g/mol. The molecule has 0 spiro atoms. The molecule has 0 aliphatic carbocycles. The molecule has 0 amide bonds. The molecule has 0 radical (unpaired) electrons. The van der Waals surface area contributed by atoms with Crippen LogP contribution >= 0.6 is 23.2 Å². The average molecular weight is 350 g/mol. The summed E-state index contributed by atoms with van der Waals surface area (Å²) < 4.78 is 39.9. The van der Waals surface area contributed by atoms with Crippen molar-refractivity contribution in [3.63, 3.8) is 0 Å². The Bertz CT molecular complexity index is 740. The van der Waals surface area contributed by atoms with Crippen LogP contribution in [0.2, 0.25) is 10.0 Å². The van der Waals surface area contributed by atoms with Crippen molar-refractivity contribution < 1.29 is 17.9 Å². The van der Waals surface area contributed by atoms with Crippen molar-refractivity contribution in [2.45, 2.75) is 11.5 Å². The van der Waals surface area contributed by atoms with Crippen LogP contribution in [0.1, 0.15) is 5.56 Å². The zero-order valence-electron chi connectivity index (χ0n) is 10.5. The molecule has 2 N–H and O–H groups in total. The first-order chi connectivity index (χ1) is 9.83. The number of sulfonamides is 1. The first-order valence-corrected chi connectivity index (χ1v) is 7.94. The predicted octanol–water partition coefficient (Wildman–Crippen LogP) is 3.43. The fourth-order valence-corrected chi connectivity index (χ4v) is 3.13. The average Bonchev–Trinajstić information content (AvgIpc) is 2.44. The summed E-state index contributed by atoms with van der Waals surface area (Å²) in [6, 6.07) is 7.92. The van der Waals surface area contributed by atoms with Crippen molar-refractivity contribution in [1.29, 1.82) is 0 Å². The lowest BCUT2D eigenvalue weighted by atomic mass is 10.2. The van der Waals surface area contributed by atoms with Crippen LogP contribution in [0.4, 0.5) is 10.1 Å². The van der Waals surface area contributed by atoms with Gasteiger partial charge >= 0.3 is 0 Å². The quantitative estimate of drug-likeness (QED) is 0.831. The lowest BCUT2D eigenvalue weighted by Crippen LogP contribution is -2.13. The molecule has 0 aliphatic heterocycles. The Morgan fingerprint density at radius 1 is 1.10 bits per heavy atom. The van der Waals surface area contributed by atoms with Gasteiger partial charge in [0.25, 0.3) is 10.0 Å². The maximum Gasteiger partial charge on any atom is 0.261 e. The third kappa shape index (κ3) is 3.65. The number of halogens is 3. The second-order valence-corrected chi connectivity index (χ2v) is 6.66. The normalized spacial score (nSPS) is 11.4. The van der Waals surface area contributed by atoms with Crippen molar-refractivity contribution >= 4 is 38.9 Å². The molecule has 0 aliphatic rings. The van der Waals surface area contributed by atoms with Crippen LogP contribution in [0, 0.1) is 5.82 Å². The summed E-state index contributed by atoms with van der Waals surface area (Å²) in [4.78, 5) is -0.00345. The van der Waals surface area contributed by atoms with Crippen molar-refractivity contribution in [2.24, 2.45) is 0 Å². The molecule has 0 fully saturated rings. The summed E-state index contributed by atoms with van der Waals surface area (Å²) >= 11 is 11.2. The van der Waals surface area contributed by atoms with Gasteiger partial charge in [-0.25, -0.2) is 12.8 Å². The minimum Gasteiger partial charge on any atom is -0.392 e. The van der Waals surface area contributed by atoms with Gasteiger partial charge in [0, 0.05) is 0 Å². The molecule has 0 aromatic heterocycles. The fraction of sp³-hybridized carbons (Fsp3) is 0.0769. The SMILES string of the molecule is O=S(=O)(Nc1cc(Cl)c(F)c(Cl)c1)c1ccc(CO)cc1. The van der Waals surface area contributed by atoms with Crippen LogP contribution in [-0.4, -0.2) is 13.5 Å². The number of benzene rings is 2. The number of hydrogen-bond donors (Lipinski definition) is 2. The number of nitrogens with one attached hydrogen (secondary N) is 1. The summed E-state index contributed by atoms with van der Waals surface area (Å²) in [6.07, 6.45) is 0. The Morgan fingerprint density at radius 3 is 2.10 bits per heavy atom. The van der Waals surface area contributed by atoms with Gasteiger partial charge < -0.3 is 5.11 Å². The lowest BCUT2D eigenvalue weighted by molar-refractivity contribution is 0.282. The van der Waals surface area contributed by atoms with Crippen molar-refractivity contribution in [1.82, 2.24) is 0 Å². The van der Waals surface area contributed by atoms with Gasteiger partial charge in [-0.15, -0.1) is 0 Å². The van der Waals surface area contributed by atoms with E-state index >= 15 is 0 Å². The molecule has 2 aromatic rings. The topological polar surface area (TPSA) is 66.4 Å². The van der Waals surface area contributed by atoms with Gasteiger partial charge in [0.15, 0.2) is 5.82 Å². The van der Waals surface area contributed by atoms with Gasteiger partial charge in [-0.1, -0.05) is 35.3 Å². The van der Waals surface area contributed by atoms with Crippen LogP contribution in [-0.2, 0) is 16.6 Å². The maximum absolute atomic E-state index is 13.3. The van der Waals surface area contributed by atoms with Gasteiger partial charge in [0.05, 0.1) is 27.2 Å². The Morgan fingerprint density at radius 2 is 1.62 bits per heavy atom. The largest absolute Gasteiger partial charge is 0.392 e. The van der Waals surface area contributed by atoms with E-state index in [2.05, 4.69) is 4.72 Å². The van der Waals surface area contributed by atoms with E-state index in [1.54, 1.807) is 0 Å². The molecule has 0 saturated carbocycles.